The second-order valence-electron chi connectivity index (χ2n) is 4.10. The topological polar surface area (TPSA) is 20.3 Å². The lowest BCUT2D eigenvalue weighted by molar-refractivity contribution is 0.208. The fourth-order valence-electron chi connectivity index (χ4n) is 1.20. The summed E-state index contributed by atoms with van der Waals surface area (Å²) < 4.78 is 0. The molecule has 0 atom stereocenters. The van der Waals surface area contributed by atoms with Crippen LogP contribution in [0.3, 0.4) is 0 Å². The van der Waals surface area contributed by atoms with Crippen LogP contribution in [0.15, 0.2) is 0 Å². The number of carbonyl (C=O) groups excluding carboxylic acids is 1. The molecule has 0 heterocycles. The van der Waals surface area contributed by atoms with Gasteiger partial charge in [-0.25, -0.2) is 0 Å². The highest BCUT2D eigenvalue weighted by molar-refractivity contribution is 8.14. The van der Waals surface area contributed by atoms with E-state index >= 15 is 0 Å². The number of thioether (sulfide) groups is 1. The van der Waals surface area contributed by atoms with E-state index in [4.69, 9.17) is 0 Å². The Morgan fingerprint density at radius 1 is 1.23 bits per heavy atom. The summed E-state index contributed by atoms with van der Waals surface area (Å²) in [5.74, 6) is 1.05. The van der Waals surface area contributed by atoms with Gasteiger partial charge in [-0.05, 0) is 11.8 Å². The van der Waals surface area contributed by atoms with Gasteiger partial charge in [-0.2, -0.15) is 0 Å². The molecular formula is C10H20NOS. The van der Waals surface area contributed by atoms with E-state index in [9.17, 15) is 4.79 Å². The van der Waals surface area contributed by atoms with Crippen LogP contribution in [0.25, 0.3) is 0 Å². The molecule has 0 saturated carbocycles. The maximum atomic E-state index is 11.4. The first-order valence-corrected chi connectivity index (χ1v) is 5.66. The Labute approximate surface area is 86.1 Å². The number of hydrogen-bond donors (Lipinski definition) is 0. The van der Waals surface area contributed by atoms with Gasteiger partial charge in [0.1, 0.15) is 0 Å². The van der Waals surface area contributed by atoms with Crippen molar-refractivity contribution in [3.63, 3.8) is 0 Å². The van der Waals surface area contributed by atoms with Gasteiger partial charge in [0.25, 0.3) is 5.24 Å². The number of rotatable bonds is 4. The molecule has 0 aliphatic carbocycles. The third-order valence-corrected chi connectivity index (χ3v) is 2.06. The second kappa shape index (κ2) is 6.30. The average Bonchev–Trinajstić information content (AvgIpc) is 2.00. The summed E-state index contributed by atoms with van der Waals surface area (Å²) in [6, 6.07) is 0. The molecule has 0 spiro atoms. The van der Waals surface area contributed by atoms with Crippen molar-refractivity contribution in [1.82, 2.24) is 4.90 Å². The smallest absolute Gasteiger partial charge is 0.281 e. The Morgan fingerprint density at radius 3 is 1.85 bits per heavy atom. The van der Waals surface area contributed by atoms with E-state index in [2.05, 4.69) is 34.0 Å². The molecule has 3 heteroatoms. The predicted molar refractivity (Wildman–Crippen MR) is 59.6 cm³/mol. The Hall–Kier alpha value is -0.180. The minimum Gasteiger partial charge on any atom is -0.333 e. The molecule has 0 N–H and O–H groups in total. The summed E-state index contributed by atoms with van der Waals surface area (Å²) in [5, 5.41) is 0.0856. The van der Waals surface area contributed by atoms with E-state index in [1.165, 1.54) is 0 Å². The molecule has 0 aromatic heterocycles. The molecule has 0 fully saturated rings. The van der Waals surface area contributed by atoms with Crippen LogP contribution >= 0.6 is 11.8 Å². The second-order valence-corrected chi connectivity index (χ2v) is 4.74. The lowest BCUT2D eigenvalue weighted by Crippen LogP contribution is -2.34. The zero-order chi connectivity index (χ0) is 10.4. The van der Waals surface area contributed by atoms with E-state index in [0.29, 0.717) is 11.8 Å². The molecule has 0 aliphatic heterocycles. The van der Waals surface area contributed by atoms with Crippen LogP contribution in [0, 0.1) is 18.1 Å². The molecule has 0 aliphatic rings. The van der Waals surface area contributed by atoms with Crippen molar-refractivity contribution in [3.05, 3.63) is 6.26 Å². The summed E-state index contributed by atoms with van der Waals surface area (Å²) in [7, 11) is 0. The Kier molecular flexibility index (Phi) is 6.21. The van der Waals surface area contributed by atoms with Gasteiger partial charge in [0.15, 0.2) is 0 Å². The highest BCUT2D eigenvalue weighted by Crippen LogP contribution is 2.11. The van der Waals surface area contributed by atoms with Crippen molar-refractivity contribution in [2.45, 2.75) is 27.7 Å². The van der Waals surface area contributed by atoms with Crippen molar-refractivity contribution in [1.29, 1.82) is 0 Å². The van der Waals surface area contributed by atoms with E-state index < -0.39 is 0 Å². The fourth-order valence-corrected chi connectivity index (χ4v) is 1.53. The van der Waals surface area contributed by atoms with Gasteiger partial charge in [-0.1, -0.05) is 39.5 Å². The van der Waals surface area contributed by atoms with Crippen molar-refractivity contribution in [2.24, 2.45) is 11.8 Å². The van der Waals surface area contributed by atoms with Crippen LogP contribution in [-0.2, 0) is 0 Å². The molecular weight excluding hydrogens is 182 g/mol. The Morgan fingerprint density at radius 2 is 1.62 bits per heavy atom. The molecule has 1 amide bonds. The van der Waals surface area contributed by atoms with E-state index in [1.807, 2.05) is 4.90 Å². The zero-order valence-electron chi connectivity index (χ0n) is 9.04. The SMILES string of the molecule is [CH2]SC(=O)N(CC(C)C)CC(C)C. The van der Waals surface area contributed by atoms with Gasteiger partial charge in [0, 0.05) is 19.3 Å². The van der Waals surface area contributed by atoms with Crippen molar-refractivity contribution in [2.75, 3.05) is 13.1 Å². The molecule has 1 radical (unpaired) electrons. The number of nitrogens with zero attached hydrogens (tertiary/aromatic N) is 1. The average molecular weight is 202 g/mol. The van der Waals surface area contributed by atoms with Crippen molar-refractivity contribution >= 4 is 17.0 Å². The van der Waals surface area contributed by atoms with Gasteiger partial charge >= 0.3 is 0 Å². The molecule has 13 heavy (non-hydrogen) atoms. The van der Waals surface area contributed by atoms with Crippen molar-refractivity contribution in [3.8, 4) is 0 Å². The zero-order valence-corrected chi connectivity index (χ0v) is 9.86. The van der Waals surface area contributed by atoms with E-state index in [0.717, 1.165) is 24.9 Å². The first-order chi connectivity index (χ1) is 5.97. The third-order valence-electron chi connectivity index (χ3n) is 1.55. The Bertz CT molecular complexity index is 147. The monoisotopic (exact) mass is 202 g/mol. The lowest BCUT2D eigenvalue weighted by Gasteiger charge is -2.25. The first kappa shape index (κ1) is 12.8. The van der Waals surface area contributed by atoms with Gasteiger partial charge < -0.3 is 4.90 Å². The van der Waals surface area contributed by atoms with Gasteiger partial charge in [-0.3, -0.25) is 4.79 Å². The standard InChI is InChI=1S/C10H20NOS/c1-8(2)6-11(7-9(3)4)10(12)13-5/h8-9H,5-7H2,1-4H3. The number of hydrogen-bond acceptors (Lipinski definition) is 2. The van der Waals surface area contributed by atoms with Gasteiger partial charge in [-0.15, -0.1) is 0 Å². The van der Waals surface area contributed by atoms with E-state index in [1.54, 1.807) is 0 Å². The molecule has 0 unspecified atom stereocenters. The summed E-state index contributed by atoms with van der Waals surface area (Å²) in [6.45, 7) is 10.1. The lowest BCUT2D eigenvalue weighted by atomic mass is 10.1. The quantitative estimate of drug-likeness (QED) is 0.697. The predicted octanol–water partition coefficient (Wildman–Crippen LogP) is 3.25. The summed E-state index contributed by atoms with van der Waals surface area (Å²) >= 11 is 1.05. The highest BCUT2D eigenvalue weighted by Gasteiger charge is 2.14. The summed E-state index contributed by atoms with van der Waals surface area (Å²) in [4.78, 5) is 13.3. The Balaban J connectivity index is 4.10. The summed E-state index contributed by atoms with van der Waals surface area (Å²) in [6.07, 6.45) is 3.55. The van der Waals surface area contributed by atoms with Crippen LogP contribution in [0.4, 0.5) is 4.79 Å². The molecule has 0 rings (SSSR count). The molecule has 2 nitrogen and oxygen atoms in total. The molecule has 77 valence electrons. The first-order valence-electron chi connectivity index (χ1n) is 4.68. The van der Waals surface area contributed by atoms with Gasteiger partial charge in [0.2, 0.25) is 0 Å². The minimum absolute atomic E-state index is 0.0856. The molecule has 0 saturated heterocycles. The fraction of sp³-hybridized carbons (Fsp3) is 0.800. The molecule has 0 aromatic carbocycles. The number of carbonyl (C=O) groups is 1. The van der Waals surface area contributed by atoms with Gasteiger partial charge in [0.05, 0.1) is 0 Å². The van der Waals surface area contributed by atoms with Crippen LogP contribution in [0.5, 0.6) is 0 Å². The molecule has 0 aromatic rings. The van der Waals surface area contributed by atoms with Crippen molar-refractivity contribution < 1.29 is 4.79 Å². The maximum absolute atomic E-state index is 11.4. The van der Waals surface area contributed by atoms with Crippen LogP contribution in [-0.4, -0.2) is 23.2 Å². The molecule has 0 bridgehead atoms. The third kappa shape index (κ3) is 5.97. The largest absolute Gasteiger partial charge is 0.333 e. The van der Waals surface area contributed by atoms with Crippen LogP contribution in [0.1, 0.15) is 27.7 Å². The minimum atomic E-state index is 0.0856. The number of amides is 1. The van der Waals surface area contributed by atoms with Crippen LogP contribution < -0.4 is 0 Å². The normalized spacial score (nSPS) is 11.0. The maximum Gasteiger partial charge on any atom is 0.281 e. The van der Waals surface area contributed by atoms with Crippen LogP contribution in [0.2, 0.25) is 0 Å². The highest BCUT2D eigenvalue weighted by atomic mass is 32.2. The van der Waals surface area contributed by atoms with E-state index in [-0.39, 0.29) is 5.24 Å². The summed E-state index contributed by atoms with van der Waals surface area (Å²) in [5.41, 5.74) is 0.